The standard InChI is InChI=1S/C56H60F5N7O4/c57-43-19-25-46(26-20-43)66(37-39-15-21-44(22-16-39)62-51(69)47-13-7-31-67(47)53(71)49(41-9-3-1-4-10-41)64-33-27-55(58,59)28-34-64)38-40-17-23-45(24-18-40)63-52(70)48-14-8-32-68(48)54(72)50(42-11-5-2-6-12-42)65-35-29-56(60,61)30-36-65/h1-6,9-12,15-26,47-50H,7-8,13-14,27-38H2,(H,62,69)(H,63,70)/t47-,48-,49-,50+/m0/s1. The van der Waals surface area contributed by atoms with Crippen LogP contribution in [0.1, 0.15) is 85.7 Å². The summed E-state index contributed by atoms with van der Waals surface area (Å²) in [6, 6.07) is 36.2. The summed E-state index contributed by atoms with van der Waals surface area (Å²) in [6.45, 7) is 1.88. The molecule has 0 aliphatic carbocycles. The number of benzene rings is 5. The fourth-order valence-corrected chi connectivity index (χ4v) is 10.6. The van der Waals surface area contributed by atoms with Crippen LogP contribution in [0.2, 0.25) is 0 Å². The van der Waals surface area contributed by atoms with Gasteiger partial charge in [-0.2, -0.15) is 0 Å². The van der Waals surface area contributed by atoms with E-state index in [1.165, 1.54) is 12.1 Å². The first-order valence-electron chi connectivity index (χ1n) is 25.0. The van der Waals surface area contributed by atoms with E-state index in [-0.39, 0.29) is 81.3 Å². The van der Waals surface area contributed by atoms with E-state index in [1.54, 1.807) is 56.0 Å². The number of halogens is 5. The number of carbonyl (C=O) groups excluding carboxylic acids is 4. The minimum atomic E-state index is -2.77. The van der Waals surface area contributed by atoms with Crippen LogP contribution in [0.5, 0.6) is 0 Å². The van der Waals surface area contributed by atoms with E-state index in [0.29, 0.717) is 74.4 Å². The first-order valence-corrected chi connectivity index (χ1v) is 25.0. The Morgan fingerprint density at radius 3 is 1.26 bits per heavy atom. The van der Waals surface area contributed by atoms with Crippen molar-refractivity contribution in [3.8, 4) is 0 Å². The third-order valence-corrected chi connectivity index (χ3v) is 14.5. The number of hydrogen-bond donors (Lipinski definition) is 2. The van der Waals surface area contributed by atoms with Gasteiger partial charge in [-0.15, -0.1) is 0 Å². The second kappa shape index (κ2) is 22.0. The van der Waals surface area contributed by atoms with Crippen LogP contribution in [-0.2, 0) is 32.3 Å². The van der Waals surface area contributed by atoms with E-state index < -0.39 is 36.0 Å². The van der Waals surface area contributed by atoms with Gasteiger partial charge in [0.25, 0.3) is 11.8 Å². The van der Waals surface area contributed by atoms with Gasteiger partial charge in [0.15, 0.2) is 0 Å². The number of carbonyl (C=O) groups is 4. The molecule has 16 heteroatoms. The van der Waals surface area contributed by atoms with Crippen LogP contribution in [0.4, 0.5) is 39.0 Å². The van der Waals surface area contributed by atoms with E-state index in [0.717, 1.165) is 16.8 Å². The molecule has 4 atom stereocenters. The van der Waals surface area contributed by atoms with Crippen LogP contribution in [-0.4, -0.2) is 106 Å². The lowest BCUT2D eigenvalue weighted by Crippen LogP contribution is -2.51. The van der Waals surface area contributed by atoms with Gasteiger partial charge in [0.1, 0.15) is 30.0 Å². The van der Waals surface area contributed by atoms with Gasteiger partial charge in [0.05, 0.1) is 0 Å². The number of likely N-dealkylation sites (tertiary alicyclic amines) is 4. The van der Waals surface area contributed by atoms with Crippen LogP contribution >= 0.6 is 0 Å². The molecule has 0 aromatic heterocycles. The van der Waals surface area contributed by atoms with Crippen molar-refractivity contribution >= 4 is 40.7 Å². The Bertz CT molecular complexity index is 2480. The molecule has 378 valence electrons. The van der Waals surface area contributed by atoms with Gasteiger partial charge in [0.2, 0.25) is 23.6 Å². The fourth-order valence-electron chi connectivity index (χ4n) is 10.6. The second-order valence-corrected chi connectivity index (χ2v) is 19.5. The van der Waals surface area contributed by atoms with Gasteiger partial charge < -0.3 is 25.3 Å². The molecule has 0 saturated carbocycles. The Labute approximate surface area is 416 Å². The summed E-state index contributed by atoms with van der Waals surface area (Å²) >= 11 is 0. The van der Waals surface area contributed by atoms with Crippen LogP contribution in [0.25, 0.3) is 0 Å². The lowest BCUT2D eigenvalue weighted by Gasteiger charge is -2.39. The SMILES string of the molecule is O=C(Nc1ccc(CN(Cc2ccc(NC(=O)[C@@H]3CCCN3C(=O)[C@@H](c3ccccc3)N3CCC(F)(F)CC3)cc2)c2ccc(F)cc2)cc1)[C@@H]1CCCN1C(=O)[C@H](c1ccccc1)N1CCC(F)(F)CC1. The number of nitrogens with one attached hydrogen (secondary N) is 2. The molecular formula is C56H60F5N7O4. The van der Waals surface area contributed by atoms with E-state index in [1.807, 2.05) is 84.9 Å². The Kier molecular flexibility index (Phi) is 15.4. The summed E-state index contributed by atoms with van der Waals surface area (Å²) in [4.78, 5) is 65.1. The molecule has 4 saturated heterocycles. The van der Waals surface area contributed by atoms with Crippen LogP contribution in [0.3, 0.4) is 0 Å². The topological polar surface area (TPSA) is 109 Å². The van der Waals surface area contributed by atoms with Crippen molar-refractivity contribution < 1.29 is 41.1 Å². The van der Waals surface area contributed by atoms with Crippen molar-refractivity contribution in [3.63, 3.8) is 0 Å². The zero-order valence-corrected chi connectivity index (χ0v) is 40.1. The van der Waals surface area contributed by atoms with Gasteiger partial charge >= 0.3 is 0 Å². The fraction of sp³-hybridized carbons (Fsp3) is 0.393. The average Bonchev–Trinajstić information content (AvgIpc) is 4.09. The Hall–Kier alpha value is -6.65. The van der Waals surface area contributed by atoms with E-state index in [9.17, 15) is 41.1 Å². The van der Waals surface area contributed by atoms with Crippen molar-refractivity contribution in [2.45, 2.75) is 100 Å². The normalized spacial score (nSPS) is 20.9. The number of piperidine rings is 2. The van der Waals surface area contributed by atoms with E-state index >= 15 is 0 Å². The highest BCUT2D eigenvalue weighted by molar-refractivity contribution is 5.99. The molecule has 5 aromatic rings. The third-order valence-electron chi connectivity index (χ3n) is 14.5. The highest BCUT2D eigenvalue weighted by Gasteiger charge is 2.45. The number of hydrogen-bond acceptors (Lipinski definition) is 7. The van der Waals surface area contributed by atoms with Crippen molar-refractivity contribution in [2.75, 3.05) is 54.8 Å². The molecule has 0 radical (unpaired) electrons. The molecule has 9 rings (SSSR count). The summed E-state index contributed by atoms with van der Waals surface area (Å²) in [7, 11) is 0. The van der Waals surface area contributed by atoms with E-state index in [2.05, 4.69) is 15.5 Å². The molecule has 4 aliphatic rings. The summed E-state index contributed by atoms with van der Waals surface area (Å²) in [6.07, 6.45) is 0.874. The number of nitrogens with zero attached hydrogens (tertiary/aromatic N) is 5. The number of alkyl halides is 4. The maximum atomic E-state index is 14.3. The Morgan fingerprint density at radius 1 is 0.514 bits per heavy atom. The van der Waals surface area contributed by atoms with Crippen molar-refractivity contribution in [2.24, 2.45) is 0 Å². The zero-order valence-electron chi connectivity index (χ0n) is 40.1. The predicted octanol–water partition coefficient (Wildman–Crippen LogP) is 9.84. The molecule has 4 heterocycles. The smallest absolute Gasteiger partial charge is 0.250 e. The van der Waals surface area contributed by atoms with Gasteiger partial charge in [-0.1, -0.05) is 84.9 Å². The zero-order chi connectivity index (χ0) is 50.4. The van der Waals surface area contributed by atoms with Gasteiger partial charge in [-0.25, -0.2) is 22.0 Å². The van der Waals surface area contributed by atoms with Gasteiger partial charge in [-0.05, 0) is 96.5 Å². The predicted molar refractivity (Wildman–Crippen MR) is 266 cm³/mol. The number of amides is 4. The molecular weight excluding hydrogens is 930 g/mol. The molecule has 4 fully saturated rings. The molecule has 72 heavy (non-hydrogen) atoms. The first kappa shape index (κ1) is 50.3. The van der Waals surface area contributed by atoms with E-state index in [4.69, 9.17) is 0 Å². The first-order chi connectivity index (χ1) is 34.7. The lowest BCUT2D eigenvalue weighted by atomic mass is 9.98. The molecule has 4 amide bonds. The molecule has 0 bridgehead atoms. The monoisotopic (exact) mass is 989 g/mol. The minimum absolute atomic E-state index is 0.0693. The minimum Gasteiger partial charge on any atom is -0.363 e. The maximum absolute atomic E-state index is 14.3. The largest absolute Gasteiger partial charge is 0.363 e. The van der Waals surface area contributed by atoms with Crippen molar-refractivity contribution in [1.29, 1.82) is 0 Å². The van der Waals surface area contributed by atoms with Gasteiger partial charge in [-0.3, -0.25) is 29.0 Å². The van der Waals surface area contributed by atoms with Gasteiger partial charge in [0, 0.05) is 95.1 Å². The summed E-state index contributed by atoms with van der Waals surface area (Å²) in [5.41, 5.74) is 5.07. The lowest BCUT2D eigenvalue weighted by molar-refractivity contribution is -0.144. The third kappa shape index (κ3) is 12.0. The summed E-state index contributed by atoms with van der Waals surface area (Å²) in [5.74, 6) is -7.11. The average molecular weight is 990 g/mol. The molecule has 5 aromatic carbocycles. The Balaban J connectivity index is 0.830. The van der Waals surface area contributed by atoms with Crippen molar-refractivity contribution in [3.05, 3.63) is 162 Å². The van der Waals surface area contributed by atoms with Crippen molar-refractivity contribution in [1.82, 2.24) is 19.6 Å². The van der Waals surface area contributed by atoms with Crippen LogP contribution in [0, 0.1) is 5.82 Å². The van der Waals surface area contributed by atoms with Crippen LogP contribution < -0.4 is 15.5 Å². The molecule has 2 N–H and O–H groups in total. The van der Waals surface area contributed by atoms with Crippen LogP contribution in [0.15, 0.2) is 133 Å². The number of rotatable bonds is 15. The highest BCUT2D eigenvalue weighted by atomic mass is 19.3. The maximum Gasteiger partial charge on any atom is 0.250 e. The Morgan fingerprint density at radius 2 is 0.889 bits per heavy atom. The second-order valence-electron chi connectivity index (χ2n) is 19.5. The molecule has 4 aliphatic heterocycles. The number of anilines is 3. The molecule has 0 spiro atoms. The molecule has 0 unspecified atom stereocenters. The highest BCUT2D eigenvalue weighted by Crippen LogP contribution is 2.37. The quantitative estimate of drug-likeness (QED) is 0.101. The molecule has 11 nitrogen and oxygen atoms in total. The summed E-state index contributed by atoms with van der Waals surface area (Å²) < 4.78 is 70.8. The summed E-state index contributed by atoms with van der Waals surface area (Å²) in [5, 5.41) is 5.99.